The first-order valence-corrected chi connectivity index (χ1v) is 6.56. The van der Waals surface area contributed by atoms with Crippen LogP contribution in [0.5, 0.6) is 0 Å². The first kappa shape index (κ1) is 11.5. The Morgan fingerprint density at radius 1 is 1.50 bits per heavy atom. The van der Waals surface area contributed by atoms with E-state index in [0.717, 1.165) is 16.4 Å². The maximum Gasteiger partial charge on any atom is 0.166 e. The van der Waals surface area contributed by atoms with Crippen molar-refractivity contribution in [2.45, 2.75) is 12.8 Å². The van der Waals surface area contributed by atoms with Crippen molar-refractivity contribution in [2.75, 3.05) is 10.2 Å². The van der Waals surface area contributed by atoms with Crippen LogP contribution in [0.2, 0.25) is 0 Å². The first-order valence-electron chi connectivity index (χ1n) is 5.04. The lowest BCUT2D eigenvalue weighted by atomic mass is 10.0. The monoisotopic (exact) mass is 330 g/mol. The first-order chi connectivity index (χ1) is 7.69. The Balaban J connectivity index is 2.43. The third-order valence-corrected chi connectivity index (χ3v) is 3.60. The van der Waals surface area contributed by atoms with Crippen molar-refractivity contribution < 1.29 is 4.79 Å². The van der Waals surface area contributed by atoms with Crippen LogP contribution in [-0.2, 0) is 6.42 Å². The Labute approximate surface area is 107 Å². The molecule has 0 aliphatic heterocycles. The topological polar surface area (TPSA) is 72.5 Å². The van der Waals surface area contributed by atoms with Gasteiger partial charge in [-0.25, -0.2) is 0 Å². The van der Waals surface area contributed by atoms with Gasteiger partial charge < -0.3 is 5.73 Å². The summed E-state index contributed by atoms with van der Waals surface area (Å²) in [5.74, 6) is 0.173. The number of carbonyl (C=O) groups is 1. The molecule has 0 bridgehead atoms. The number of alkyl halides is 1. The number of halogens is 1. The molecule has 4 nitrogen and oxygen atoms in total. The third-order valence-electron chi connectivity index (χ3n) is 2.98. The summed E-state index contributed by atoms with van der Waals surface area (Å²) >= 11 is 2.26. The summed E-state index contributed by atoms with van der Waals surface area (Å²) in [6, 6.07) is 3.18. The van der Waals surface area contributed by atoms with E-state index >= 15 is 0 Å². The van der Waals surface area contributed by atoms with Gasteiger partial charge in [0.2, 0.25) is 0 Å². The number of nitrogens with zero attached hydrogens (tertiary/aromatic N) is 1. The van der Waals surface area contributed by atoms with Gasteiger partial charge in [-0.1, -0.05) is 22.6 Å². The maximum absolute atomic E-state index is 12.0. The van der Waals surface area contributed by atoms with E-state index < -0.39 is 0 Å². The molecule has 1 aliphatic carbocycles. The number of fused-ring (bicyclic) bond motifs is 1. The van der Waals surface area contributed by atoms with Gasteiger partial charge in [0, 0.05) is 15.9 Å². The van der Waals surface area contributed by atoms with Gasteiger partial charge in [-0.05, 0) is 35.7 Å². The molecule has 2 rings (SSSR count). The van der Waals surface area contributed by atoms with Gasteiger partial charge >= 0.3 is 0 Å². The summed E-state index contributed by atoms with van der Waals surface area (Å²) in [5.41, 5.74) is 7.90. The minimum Gasteiger partial charge on any atom is -0.397 e. The predicted octanol–water partition coefficient (Wildman–Crippen LogP) is 2.85. The van der Waals surface area contributed by atoms with E-state index in [-0.39, 0.29) is 17.4 Å². The van der Waals surface area contributed by atoms with E-state index in [0.29, 0.717) is 17.7 Å². The van der Waals surface area contributed by atoms with Crippen LogP contribution in [0, 0.1) is 10.8 Å². The fraction of sp³-hybridized carbons (Fsp3) is 0.364. The lowest BCUT2D eigenvalue weighted by Gasteiger charge is -2.04. The number of hydrogen-bond acceptors (Lipinski definition) is 4. The number of benzene rings is 1. The van der Waals surface area contributed by atoms with E-state index in [4.69, 9.17) is 5.73 Å². The Morgan fingerprint density at radius 3 is 2.88 bits per heavy atom. The summed E-state index contributed by atoms with van der Waals surface area (Å²) < 4.78 is 0.945. The van der Waals surface area contributed by atoms with Crippen molar-refractivity contribution in [3.63, 3.8) is 0 Å². The molecule has 2 N–H and O–H groups in total. The van der Waals surface area contributed by atoms with Crippen LogP contribution in [0.15, 0.2) is 17.3 Å². The molecule has 5 heteroatoms. The van der Waals surface area contributed by atoms with Crippen molar-refractivity contribution in [3.05, 3.63) is 28.2 Å². The zero-order chi connectivity index (χ0) is 11.7. The van der Waals surface area contributed by atoms with Crippen LogP contribution in [0.25, 0.3) is 0 Å². The molecule has 1 unspecified atom stereocenters. The number of nitrogens with two attached hydrogens (primary N) is 1. The van der Waals surface area contributed by atoms with Crippen LogP contribution in [-0.4, -0.2) is 10.2 Å². The molecule has 1 atom stereocenters. The summed E-state index contributed by atoms with van der Waals surface area (Å²) in [7, 11) is 0. The zero-order valence-corrected chi connectivity index (χ0v) is 10.7. The van der Waals surface area contributed by atoms with Crippen LogP contribution < -0.4 is 5.73 Å². The fourth-order valence-corrected chi connectivity index (χ4v) is 2.86. The van der Waals surface area contributed by atoms with Gasteiger partial charge in [-0.15, -0.1) is 4.91 Å². The van der Waals surface area contributed by atoms with Gasteiger partial charge in [0.15, 0.2) is 5.78 Å². The predicted molar refractivity (Wildman–Crippen MR) is 71.3 cm³/mol. The van der Waals surface area contributed by atoms with E-state index in [2.05, 4.69) is 27.8 Å². The highest BCUT2D eigenvalue weighted by Crippen LogP contribution is 2.37. The summed E-state index contributed by atoms with van der Waals surface area (Å²) in [6.07, 6.45) is 1.50. The van der Waals surface area contributed by atoms with Crippen molar-refractivity contribution in [1.82, 2.24) is 0 Å². The van der Waals surface area contributed by atoms with Crippen molar-refractivity contribution in [1.29, 1.82) is 0 Å². The molecule has 0 aromatic heterocycles. The number of carbonyl (C=O) groups excluding carboxylic acids is 1. The van der Waals surface area contributed by atoms with E-state index in [1.807, 2.05) is 0 Å². The number of Topliss-reactive ketones (excluding diaryl/α,β-unsaturated/α-hetero) is 1. The number of anilines is 1. The largest absolute Gasteiger partial charge is 0.397 e. The van der Waals surface area contributed by atoms with Crippen molar-refractivity contribution >= 4 is 39.7 Å². The highest BCUT2D eigenvalue weighted by Gasteiger charge is 2.32. The number of hydrogen-bond donors (Lipinski definition) is 1. The minimum absolute atomic E-state index is 0.0242. The third kappa shape index (κ3) is 1.73. The zero-order valence-electron chi connectivity index (χ0n) is 8.57. The van der Waals surface area contributed by atoms with Crippen LogP contribution in [0.3, 0.4) is 0 Å². The van der Waals surface area contributed by atoms with Gasteiger partial charge in [0.25, 0.3) is 0 Å². The number of rotatable bonds is 3. The lowest BCUT2D eigenvalue weighted by Crippen LogP contribution is -2.08. The quantitative estimate of drug-likeness (QED) is 0.401. The molecule has 0 saturated carbocycles. The normalized spacial score (nSPS) is 18.6. The lowest BCUT2D eigenvalue weighted by molar-refractivity contribution is 0.0935. The molecule has 1 aliphatic rings. The second kappa shape index (κ2) is 4.48. The summed E-state index contributed by atoms with van der Waals surface area (Å²) in [4.78, 5) is 22.5. The Hall–Kier alpha value is -0.980. The standard InChI is InChI=1S/C11H11IN2O2/c12-4-3-6-5-8-7(11(6)15)1-2-9(14-16)10(8)13/h1-2,6H,3-5,13H2. The average molecular weight is 330 g/mol. The molecule has 0 spiro atoms. The Morgan fingerprint density at radius 2 is 2.25 bits per heavy atom. The molecule has 84 valence electrons. The molecular weight excluding hydrogens is 319 g/mol. The summed E-state index contributed by atoms with van der Waals surface area (Å²) in [6.45, 7) is 0. The van der Waals surface area contributed by atoms with E-state index in [1.54, 1.807) is 6.07 Å². The number of nitroso groups, excluding NO2 is 1. The number of nitrogen functional groups attached to an aromatic ring is 1. The van der Waals surface area contributed by atoms with Gasteiger partial charge in [-0.2, -0.15) is 0 Å². The average Bonchev–Trinajstić information content (AvgIpc) is 2.59. The highest BCUT2D eigenvalue weighted by atomic mass is 127. The molecular formula is C11H11IN2O2. The number of ketones is 1. The van der Waals surface area contributed by atoms with Crippen LogP contribution in [0.1, 0.15) is 22.3 Å². The molecule has 0 fully saturated rings. The van der Waals surface area contributed by atoms with Gasteiger partial charge in [0.05, 0.1) is 5.69 Å². The summed E-state index contributed by atoms with van der Waals surface area (Å²) in [5, 5.41) is 2.86. The molecule has 0 amide bonds. The highest BCUT2D eigenvalue weighted by molar-refractivity contribution is 14.1. The molecule has 0 radical (unpaired) electrons. The smallest absolute Gasteiger partial charge is 0.166 e. The maximum atomic E-state index is 12.0. The molecule has 0 heterocycles. The molecule has 1 aromatic carbocycles. The van der Waals surface area contributed by atoms with Gasteiger partial charge in [0.1, 0.15) is 5.69 Å². The minimum atomic E-state index is 0.0242. The molecule has 16 heavy (non-hydrogen) atoms. The van der Waals surface area contributed by atoms with E-state index in [1.165, 1.54) is 6.07 Å². The van der Waals surface area contributed by atoms with Crippen LogP contribution in [0.4, 0.5) is 11.4 Å². The molecule has 0 saturated heterocycles. The fourth-order valence-electron chi connectivity index (χ4n) is 2.11. The Kier molecular flexibility index (Phi) is 3.22. The second-order valence-electron chi connectivity index (χ2n) is 3.86. The SMILES string of the molecule is Nc1c(N=O)ccc2c1CC(CCI)C2=O. The van der Waals surface area contributed by atoms with Crippen molar-refractivity contribution in [2.24, 2.45) is 11.1 Å². The van der Waals surface area contributed by atoms with Crippen molar-refractivity contribution in [3.8, 4) is 0 Å². The second-order valence-corrected chi connectivity index (χ2v) is 4.94. The Bertz CT molecular complexity index is 460. The van der Waals surface area contributed by atoms with Crippen LogP contribution >= 0.6 is 22.6 Å². The van der Waals surface area contributed by atoms with Gasteiger partial charge in [-0.3, -0.25) is 4.79 Å². The molecule has 1 aromatic rings. The van der Waals surface area contributed by atoms with E-state index in [9.17, 15) is 9.70 Å².